The fourth-order valence-corrected chi connectivity index (χ4v) is 1.95. The van der Waals surface area contributed by atoms with E-state index in [1.165, 1.54) is 12.1 Å². The maximum atomic E-state index is 10.6. The highest BCUT2D eigenvalue weighted by Crippen LogP contribution is 2.26. The molecule has 0 atom stereocenters. The number of nitrogens with zero attached hydrogens (tertiary/aromatic N) is 1. The SMILES string of the molecule is O=[N+]([O-])c1cccc(C2=CSCCO2)c1. The van der Waals surface area contributed by atoms with Gasteiger partial charge in [0.25, 0.3) is 5.69 Å². The molecule has 0 unspecified atom stereocenters. The first-order chi connectivity index (χ1) is 7.27. The molecule has 0 saturated carbocycles. The molecule has 0 radical (unpaired) electrons. The summed E-state index contributed by atoms with van der Waals surface area (Å²) in [6.45, 7) is 0.652. The largest absolute Gasteiger partial charge is 0.492 e. The summed E-state index contributed by atoms with van der Waals surface area (Å²) in [6, 6.07) is 6.47. The number of ether oxygens (including phenoxy) is 1. The Balaban J connectivity index is 2.31. The number of nitro benzene ring substituents is 1. The van der Waals surface area contributed by atoms with Gasteiger partial charge >= 0.3 is 0 Å². The van der Waals surface area contributed by atoms with Crippen molar-refractivity contribution >= 4 is 23.2 Å². The minimum atomic E-state index is -0.403. The molecule has 0 amide bonds. The minimum absolute atomic E-state index is 0.0903. The molecule has 0 saturated heterocycles. The topological polar surface area (TPSA) is 52.4 Å². The van der Waals surface area contributed by atoms with Crippen LogP contribution in [0.5, 0.6) is 0 Å². The zero-order valence-electron chi connectivity index (χ0n) is 7.88. The van der Waals surface area contributed by atoms with Crippen molar-refractivity contribution in [2.24, 2.45) is 0 Å². The van der Waals surface area contributed by atoms with E-state index in [-0.39, 0.29) is 5.69 Å². The Bertz CT molecular complexity index is 417. The summed E-state index contributed by atoms with van der Waals surface area (Å²) < 4.78 is 5.42. The van der Waals surface area contributed by atoms with Crippen molar-refractivity contribution in [1.82, 2.24) is 0 Å². The molecule has 1 aliphatic rings. The molecule has 1 heterocycles. The van der Waals surface area contributed by atoms with Gasteiger partial charge in [-0.1, -0.05) is 12.1 Å². The third kappa shape index (κ3) is 2.30. The summed E-state index contributed by atoms with van der Waals surface area (Å²) in [6.07, 6.45) is 0. The van der Waals surface area contributed by atoms with Crippen molar-refractivity contribution in [2.75, 3.05) is 12.4 Å². The molecule has 0 aromatic heterocycles. The second-order valence-corrected chi connectivity index (χ2v) is 3.99. The third-order valence-electron chi connectivity index (χ3n) is 1.99. The lowest BCUT2D eigenvalue weighted by Gasteiger charge is -2.14. The smallest absolute Gasteiger partial charge is 0.270 e. The summed E-state index contributed by atoms with van der Waals surface area (Å²) in [7, 11) is 0. The molecule has 5 heteroatoms. The second kappa shape index (κ2) is 4.35. The van der Waals surface area contributed by atoms with E-state index in [2.05, 4.69) is 0 Å². The van der Waals surface area contributed by atoms with E-state index < -0.39 is 4.92 Å². The highest BCUT2D eigenvalue weighted by atomic mass is 32.2. The van der Waals surface area contributed by atoms with Gasteiger partial charge in [-0.25, -0.2) is 0 Å². The standard InChI is InChI=1S/C10H9NO3S/c12-11(13)9-3-1-2-8(6-9)10-7-15-5-4-14-10/h1-3,6-7H,4-5H2. The second-order valence-electron chi connectivity index (χ2n) is 3.01. The van der Waals surface area contributed by atoms with Gasteiger partial charge in [0.05, 0.1) is 11.5 Å². The van der Waals surface area contributed by atoms with Gasteiger partial charge in [-0.3, -0.25) is 10.1 Å². The highest BCUT2D eigenvalue weighted by Gasteiger charge is 2.11. The average Bonchev–Trinajstić information content (AvgIpc) is 2.30. The van der Waals surface area contributed by atoms with Crippen LogP contribution in [0.3, 0.4) is 0 Å². The number of rotatable bonds is 2. The van der Waals surface area contributed by atoms with Gasteiger partial charge in [-0.2, -0.15) is 0 Å². The average molecular weight is 223 g/mol. The fourth-order valence-electron chi connectivity index (χ4n) is 1.29. The zero-order valence-corrected chi connectivity index (χ0v) is 8.70. The molecule has 0 spiro atoms. The Morgan fingerprint density at radius 3 is 3.00 bits per heavy atom. The fraction of sp³-hybridized carbons (Fsp3) is 0.200. The normalized spacial score (nSPS) is 15.3. The summed E-state index contributed by atoms with van der Waals surface area (Å²) >= 11 is 1.66. The Labute approximate surface area is 91.1 Å². The molecule has 0 N–H and O–H groups in total. The molecular weight excluding hydrogens is 214 g/mol. The molecule has 0 aliphatic carbocycles. The lowest BCUT2D eigenvalue weighted by molar-refractivity contribution is -0.384. The number of benzene rings is 1. The molecular formula is C10H9NO3S. The lowest BCUT2D eigenvalue weighted by atomic mass is 10.2. The predicted octanol–water partition coefficient (Wildman–Crippen LogP) is 2.66. The zero-order chi connectivity index (χ0) is 10.7. The first-order valence-electron chi connectivity index (χ1n) is 4.47. The Kier molecular flexibility index (Phi) is 2.91. The number of non-ortho nitro benzene ring substituents is 1. The molecule has 4 nitrogen and oxygen atoms in total. The van der Waals surface area contributed by atoms with Crippen LogP contribution in [0.15, 0.2) is 29.7 Å². The molecule has 0 bridgehead atoms. The van der Waals surface area contributed by atoms with Crippen molar-refractivity contribution in [3.8, 4) is 0 Å². The molecule has 1 aromatic carbocycles. The van der Waals surface area contributed by atoms with Crippen molar-refractivity contribution in [3.63, 3.8) is 0 Å². The number of nitro groups is 1. The number of hydrogen-bond donors (Lipinski definition) is 0. The summed E-state index contributed by atoms with van der Waals surface area (Å²) in [5.41, 5.74) is 0.851. The first kappa shape index (κ1) is 10.0. The van der Waals surface area contributed by atoms with Gasteiger partial charge in [-0.05, 0) is 0 Å². The van der Waals surface area contributed by atoms with Gasteiger partial charge in [0.1, 0.15) is 5.76 Å². The Hall–Kier alpha value is -1.49. The van der Waals surface area contributed by atoms with Gasteiger partial charge in [-0.15, -0.1) is 11.8 Å². The van der Waals surface area contributed by atoms with Crippen LogP contribution in [0, 0.1) is 10.1 Å². The van der Waals surface area contributed by atoms with Gasteiger partial charge in [0, 0.05) is 28.9 Å². The minimum Gasteiger partial charge on any atom is -0.492 e. The molecule has 78 valence electrons. The monoisotopic (exact) mass is 223 g/mol. The van der Waals surface area contributed by atoms with Crippen LogP contribution in [-0.4, -0.2) is 17.3 Å². The van der Waals surface area contributed by atoms with Crippen LogP contribution in [0.2, 0.25) is 0 Å². The van der Waals surface area contributed by atoms with Crippen LogP contribution >= 0.6 is 11.8 Å². The predicted molar refractivity (Wildman–Crippen MR) is 59.5 cm³/mol. The Morgan fingerprint density at radius 2 is 2.33 bits per heavy atom. The van der Waals surface area contributed by atoms with E-state index in [1.807, 2.05) is 11.5 Å². The highest BCUT2D eigenvalue weighted by molar-refractivity contribution is 8.02. The Morgan fingerprint density at radius 1 is 1.47 bits per heavy atom. The van der Waals surface area contributed by atoms with E-state index in [9.17, 15) is 10.1 Å². The van der Waals surface area contributed by atoms with Crippen LogP contribution in [-0.2, 0) is 4.74 Å². The molecule has 2 rings (SSSR count). The van der Waals surface area contributed by atoms with Crippen molar-refractivity contribution in [3.05, 3.63) is 45.4 Å². The summed E-state index contributed by atoms with van der Waals surface area (Å²) in [5.74, 6) is 1.65. The number of thioether (sulfide) groups is 1. The summed E-state index contributed by atoms with van der Waals surface area (Å²) in [4.78, 5) is 10.2. The van der Waals surface area contributed by atoms with Crippen molar-refractivity contribution in [1.29, 1.82) is 0 Å². The quantitative estimate of drug-likeness (QED) is 0.571. The van der Waals surface area contributed by atoms with Crippen LogP contribution in [0.25, 0.3) is 5.76 Å². The van der Waals surface area contributed by atoms with Crippen LogP contribution in [0.4, 0.5) is 5.69 Å². The van der Waals surface area contributed by atoms with E-state index in [0.29, 0.717) is 6.61 Å². The van der Waals surface area contributed by atoms with E-state index in [0.717, 1.165) is 17.1 Å². The van der Waals surface area contributed by atoms with Gasteiger partial charge in [0.15, 0.2) is 0 Å². The van der Waals surface area contributed by atoms with Gasteiger partial charge in [0.2, 0.25) is 0 Å². The number of hydrogen-bond acceptors (Lipinski definition) is 4. The maximum Gasteiger partial charge on any atom is 0.270 e. The summed E-state index contributed by atoms with van der Waals surface area (Å²) in [5, 5.41) is 12.5. The lowest BCUT2D eigenvalue weighted by Crippen LogP contribution is -2.01. The van der Waals surface area contributed by atoms with E-state index >= 15 is 0 Å². The van der Waals surface area contributed by atoms with Crippen molar-refractivity contribution in [2.45, 2.75) is 0 Å². The molecule has 1 aliphatic heterocycles. The first-order valence-corrected chi connectivity index (χ1v) is 5.51. The van der Waals surface area contributed by atoms with Crippen molar-refractivity contribution < 1.29 is 9.66 Å². The molecule has 0 fully saturated rings. The van der Waals surface area contributed by atoms with Crippen LogP contribution in [0.1, 0.15) is 5.56 Å². The third-order valence-corrected chi connectivity index (χ3v) is 2.77. The van der Waals surface area contributed by atoms with Crippen LogP contribution < -0.4 is 0 Å². The van der Waals surface area contributed by atoms with E-state index in [1.54, 1.807) is 17.8 Å². The van der Waals surface area contributed by atoms with E-state index in [4.69, 9.17) is 4.74 Å². The molecule has 15 heavy (non-hydrogen) atoms. The van der Waals surface area contributed by atoms with Gasteiger partial charge < -0.3 is 4.74 Å². The molecule has 1 aromatic rings. The maximum absolute atomic E-state index is 10.6.